The molecule has 1 aliphatic carbocycles. The number of rotatable bonds is 1. The predicted octanol–water partition coefficient (Wildman–Crippen LogP) is 2.57. The second-order valence-electron chi connectivity index (χ2n) is 3.53. The van der Waals surface area contributed by atoms with Crippen molar-refractivity contribution in [3.63, 3.8) is 0 Å². The lowest BCUT2D eigenvalue weighted by Crippen LogP contribution is -2.07. The fourth-order valence-electron chi connectivity index (χ4n) is 1.86. The fourth-order valence-corrected chi connectivity index (χ4v) is 1.95. The molecule has 0 heterocycles. The zero-order valence-corrected chi connectivity index (χ0v) is 9.01. The van der Waals surface area contributed by atoms with E-state index in [9.17, 15) is 4.79 Å². The van der Waals surface area contributed by atoms with Gasteiger partial charge in [0.25, 0.3) is 0 Å². The molecule has 78 valence electrons. The summed E-state index contributed by atoms with van der Waals surface area (Å²) < 4.78 is 4.60. The van der Waals surface area contributed by atoms with Gasteiger partial charge in [0.15, 0.2) is 0 Å². The van der Waals surface area contributed by atoms with Crippen molar-refractivity contribution in [1.82, 2.24) is 0 Å². The largest absolute Gasteiger partial charge is 0.399 e. The molecule has 0 spiro atoms. The van der Waals surface area contributed by atoms with Crippen LogP contribution in [-0.4, -0.2) is 11.2 Å². The van der Waals surface area contributed by atoms with Gasteiger partial charge in [0.05, 0.1) is 0 Å². The topological polar surface area (TPSA) is 50.1 Å². The highest BCUT2D eigenvalue weighted by atomic mass is 32.1. The molecule has 0 unspecified atom stereocenters. The molecule has 0 saturated carbocycles. The molecular weight excluding hydrogens is 210 g/mol. The summed E-state index contributed by atoms with van der Waals surface area (Å²) in [6.45, 7) is 0. The quantitative estimate of drug-likeness (QED) is 0.331. The molecule has 0 atom stereocenters. The van der Waals surface area contributed by atoms with Crippen LogP contribution in [0, 0.1) is 5.41 Å². The first kappa shape index (κ1) is 10.2. The number of hydrogen-bond acceptors (Lipinski definition) is 3. The highest BCUT2D eigenvalue weighted by Crippen LogP contribution is 2.23. The second kappa shape index (κ2) is 4.06. The lowest BCUT2D eigenvalue weighted by atomic mass is 10.1. The first-order chi connectivity index (χ1) is 7.16. The van der Waals surface area contributed by atoms with Crippen molar-refractivity contribution in [3.8, 4) is 0 Å². The van der Waals surface area contributed by atoms with Crippen molar-refractivity contribution in [1.29, 1.82) is 5.41 Å². The van der Waals surface area contributed by atoms with Gasteiger partial charge < -0.3 is 4.74 Å². The number of thiol groups is 1. The molecule has 0 aromatic heterocycles. The highest BCUT2D eigenvalue weighted by molar-refractivity contribution is 7.96. The smallest absolute Gasteiger partial charge is 0.370 e. The van der Waals surface area contributed by atoms with Crippen molar-refractivity contribution < 1.29 is 9.53 Å². The van der Waals surface area contributed by atoms with Gasteiger partial charge in [-0.2, -0.15) is 0 Å². The van der Waals surface area contributed by atoms with Crippen LogP contribution in [0.3, 0.4) is 0 Å². The molecule has 2 rings (SSSR count). The first-order valence-electron chi connectivity index (χ1n) is 4.78. The normalized spacial score (nSPS) is 13.4. The highest BCUT2D eigenvalue weighted by Gasteiger charge is 2.13. The molecule has 0 radical (unpaired) electrons. The van der Waals surface area contributed by atoms with Gasteiger partial charge in [-0.15, -0.1) is 0 Å². The SMILES string of the molecule is N=C(OC(=O)S)c1ccc2c(c1)CCC2. The molecule has 0 aliphatic heterocycles. The maximum Gasteiger partial charge on any atom is 0.370 e. The molecule has 0 amide bonds. The average molecular weight is 221 g/mol. The Morgan fingerprint density at radius 2 is 2.07 bits per heavy atom. The lowest BCUT2D eigenvalue weighted by Gasteiger charge is -2.05. The standard InChI is InChI=1S/C11H11NO2S/c12-10(14-11(13)15)9-5-4-7-2-1-3-8(7)6-9/h4-6,12H,1-3H2,(H,13,15). The van der Waals surface area contributed by atoms with Gasteiger partial charge in [0.2, 0.25) is 5.90 Å². The van der Waals surface area contributed by atoms with Crippen molar-refractivity contribution in [3.05, 3.63) is 34.9 Å². The number of hydrogen-bond donors (Lipinski definition) is 2. The van der Waals surface area contributed by atoms with Crippen molar-refractivity contribution in [2.75, 3.05) is 0 Å². The van der Waals surface area contributed by atoms with Gasteiger partial charge in [-0.3, -0.25) is 5.41 Å². The number of nitrogens with one attached hydrogen (secondary N) is 1. The van der Waals surface area contributed by atoms with Gasteiger partial charge in [0, 0.05) is 5.56 Å². The number of carbonyl (C=O) groups is 1. The molecule has 1 N–H and O–H groups in total. The minimum atomic E-state index is -0.750. The molecule has 1 aromatic rings. The summed E-state index contributed by atoms with van der Waals surface area (Å²) in [7, 11) is 0. The Balaban J connectivity index is 2.23. The monoisotopic (exact) mass is 221 g/mol. The third kappa shape index (κ3) is 2.21. The number of aryl methyl sites for hydroxylation is 2. The zero-order valence-electron chi connectivity index (χ0n) is 8.12. The van der Waals surface area contributed by atoms with E-state index < -0.39 is 5.30 Å². The summed E-state index contributed by atoms with van der Waals surface area (Å²) in [5, 5.41) is 6.78. The lowest BCUT2D eigenvalue weighted by molar-refractivity contribution is 0.225. The van der Waals surface area contributed by atoms with E-state index in [0.29, 0.717) is 5.56 Å². The number of fused-ring (bicyclic) bond motifs is 1. The summed E-state index contributed by atoms with van der Waals surface area (Å²) >= 11 is 3.47. The van der Waals surface area contributed by atoms with Gasteiger partial charge >= 0.3 is 5.30 Å². The Hall–Kier alpha value is -1.29. The van der Waals surface area contributed by atoms with Crippen LogP contribution < -0.4 is 0 Å². The van der Waals surface area contributed by atoms with Gasteiger partial charge in [-0.05, 0) is 42.5 Å². The summed E-state index contributed by atoms with van der Waals surface area (Å²) in [5.41, 5.74) is 3.23. The summed E-state index contributed by atoms with van der Waals surface area (Å²) in [6.07, 6.45) is 3.32. The van der Waals surface area contributed by atoms with Crippen LogP contribution in [0.15, 0.2) is 18.2 Å². The molecule has 4 heteroatoms. The molecule has 0 saturated heterocycles. The Kier molecular flexibility index (Phi) is 2.77. The van der Waals surface area contributed by atoms with E-state index in [1.165, 1.54) is 17.5 Å². The molecule has 0 fully saturated rings. The third-order valence-electron chi connectivity index (χ3n) is 2.55. The number of carbonyl (C=O) groups excluding carboxylic acids is 1. The van der Waals surface area contributed by atoms with E-state index in [1.54, 1.807) is 0 Å². The Morgan fingerprint density at radius 3 is 2.80 bits per heavy atom. The zero-order chi connectivity index (χ0) is 10.8. The Bertz CT molecular complexity index is 429. The number of ether oxygens (including phenoxy) is 1. The van der Waals surface area contributed by atoms with E-state index in [0.717, 1.165) is 12.8 Å². The summed E-state index contributed by atoms with van der Waals surface area (Å²) in [4.78, 5) is 10.6. The van der Waals surface area contributed by atoms with E-state index in [1.807, 2.05) is 18.2 Å². The van der Waals surface area contributed by atoms with Gasteiger partial charge in [-0.25, -0.2) is 4.79 Å². The minimum Gasteiger partial charge on any atom is -0.399 e. The second-order valence-corrected chi connectivity index (χ2v) is 3.90. The molecule has 0 bridgehead atoms. The molecule has 15 heavy (non-hydrogen) atoms. The van der Waals surface area contributed by atoms with Gasteiger partial charge in [-0.1, -0.05) is 18.7 Å². The molecule has 1 aliphatic rings. The van der Waals surface area contributed by atoms with Crippen LogP contribution in [0.5, 0.6) is 0 Å². The van der Waals surface area contributed by atoms with Crippen LogP contribution in [0.2, 0.25) is 0 Å². The molecule has 1 aromatic carbocycles. The van der Waals surface area contributed by atoms with Crippen LogP contribution in [-0.2, 0) is 17.6 Å². The maximum atomic E-state index is 10.6. The van der Waals surface area contributed by atoms with Crippen LogP contribution >= 0.6 is 12.6 Å². The van der Waals surface area contributed by atoms with E-state index in [-0.39, 0.29) is 5.90 Å². The van der Waals surface area contributed by atoms with Crippen LogP contribution in [0.1, 0.15) is 23.1 Å². The first-order valence-corrected chi connectivity index (χ1v) is 5.23. The third-order valence-corrected chi connectivity index (χ3v) is 2.64. The van der Waals surface area contributed by atoms with Crippen molar-refractivity contribution >= 4 is 23.8 Å². The number of benzene rings is 1. The average Bonchev–Trinajstić information content (AvgIpc) is 2.62. The van der Waals surface area contributed by atoms with Crippen molar-refractivity contribution in [2.24, 2.45) is 0 Å². The Morgan fingerprint density at radius 1 is 1.33 bits per heavy atom. The Labute approximate surface area is 93.4 Å². The van der Waals surface area contributed by atoms with E-state index in [2.05, 4.69) is 17.4 Å². The molecular formula is C11H11NO2S. The van der Waals surface area contributed by atoms with Crippen molar-refractivity contribution in [2.45, 2.75) is 19.3 Å². The summed E-state index contributed by atoms with van der Waals surface area (Å²) in [6, 6.07) is 5.73. The minimum absolute atomic E-state index is 0.135. The van der Waals surface area contributed by atoms with Crippen LogP contribution in [0.4, 0.5) is 4.79 Å². The summed E-state index contributed by atoms with van der Waals surface area (Å²) in [5.74, 6) is -0.135. The van der Waals surface area contributed by atoms with Crippen LogP contribution in [0.25, 0.3) is 0 Å². The fraction of sp³-hybridized carbons (Fsp3) is 0.273. The van der Waals surface area contributed by atoms with E-state index in [4.69, 9.17) is 5.41 Å². The predicted molar refractivity (Wildman–Crippen MR) is 60.8 cm³/mol. The van der Waals surface area contributed by atoms with E-state index >= 15 is 0 Å². The molecule has 3 nitrogen and oxygen atoms in total. The maximum absolute atomic E-state index is 10.6. The van der Waals surface area contributed by atoms with Gasteiger partial charge in [0.1, 0.15) is 0 Å².